The molecule has 1 aromatic rings. The molecule has 0 bridgehead atoms. The highest BCUT2D eigenvalue weighted by Crippen LogP contribution is 2.11. The molecule has 1 atom stereocenters. The SMILES string of the molecule is CCCCNC(=O)C(N)c1ccc(C)cc1. The lowest BCUT2D eigenvalue weighted by Crippen LogP contribution is -2.34. The van der Waals surface area contributed by atoms with Crippen molar-refractivity contribution in [1.29, 1.82) is 0 Å². The third-order valence-electron chi connectivity index (χ3n) is 2.55. The maximum atomic E-state index is 11.7. The van der Waals surface area contributed by atoms with Crippen LogP contribution < -0.4 is 11.1 Å². The molecule has 3 nitrogen and oxygen atoms in total. The molecular formula is C13H20N2O. The van der Waals surface area contributed by atoms with Gasteiger partial charge in [0.25, 0.3) is 0 Å². The van der Waals surface area contributed by atoms with Crippen LogP contribution in [0.1, 0.15) is 36.9 Å². The van der Waals surface area contributed by atoms with Gasteiger partial charge in [-0.3, -0.25) is 4.79 Å². The third kappa shape index (κ3) is 3.66. The molecule has 0 heterocycles. The fraction of sp³-hybridized carbons (Fsp3) is 0.462. The maximum Gasteiger partial charge on any atom is 0.241 e. The molecular weight excluding hydrogens is 200 g/mol. The summed E-state index contributed by atoms with van der Waals surface area (Å²) in [6, 6.07) is 7.18. The first-order valence-electron chi connectivity index (χ1n) is 5.75. The number of unbranched alkanes of at least 4 members (excludes halogenated alkanes) is 1. The maximum absolute atomic E-state index is 11.7. The Balaban J connectivity index is 2.53. The second-order valence-corrected chi connectivity index (χ2v) is 4.03. The van der Waals surface area contributed by atoms with Crippen molar-refractivity contribution in [2.75, 3.05) is 6.54 Å². The van der Waals surface area contributed by atoms with Crippen molar-refractivity contribution in [1.82, 2.24) is 5.32 Å². The van der Waals surface area contributed by atoms with E-state index in [1.807, 2.05) is 31.2 Å². The van der Waals surface area contributed by atoms with Crippen LogP contribution in [0.25, 0.3) is 0 Å². The summed E-state index contributed by atoms with van der Waals surface area (Å²) in [5.74, 6) is -0.0997. The van der Waals surface area contributed by atoms with Crippen molar-refractivity contribution in [3.8, 4) is 0 Å². The molecule has 0 fully saturated rings. The summed E-state index contributed by atoms with van der Waals surface area (Å²) in [6.45, 7) is 4.80. The Morgan fingerprint density at radius 3 is 2.56 bits per heavy atom. The lowest BCUT2D eigenvalue weighted by atomic mass is 10.1. The summed E-state index contributed by atoms with van der Waals surface area (Å²) in [5.41, 5.74) is 7.89. The first-order valence-corrected chi connectivity index (χ1v) is 5.75. The van der Waals surface area contributed by atoms with E-state index in [2.05, 4.69) is 12.2 Å². The van der Waals surface area contributed by atoms with Crippen molar-refractivity contribution in [3.05, 3.63) is 35.4 Å². The quantitative estimate of drug-likeness (QED) is 0.745. The molecule has 1 amide bonds. The van der Waals surface area contributed by atoms with Gasteiger partial charge in [-0.25, -0.2) is 0 Å². The molecule has 0 saturated heterocycles. The van der Waals surface area contributed by atoms with Crippen LogP contribution in [0.2, 0.25) is 0 Å². The smallest absolute Gasteiger partial charge is 0.241 e. The molecule has 3 N–H and O–H groups in total. The van der Waals surface area contributed by atoms with E-state index in [1.165, 1.54) is 5.56 Å². The zero-order chi connectivity index (χ0) is 12.0. The Labute approximate surface area is 97.0 Å². The summed E-state index contributed by atoms with van der Waals surface area (Å²) in [4.78, 5) is 11.7. The van der Waals surface area contributed by atoms with E-state index >= 15 is 0 Å². The predicted octanol–water partition coefficient (Wildman–Crippen LogP) is 1.91. The fourth-order valence-corrected chi connectivity index (χ4v) is 1.42. The molecule has 3 heteroatoms. The van der Waals surface area contributed by atoms with Gasteiger partial charge in [0.05, 0.1) is 0 Å². The standard InChI is InChI=1S/C13H20N2O/c1-3-4-9-15-13(16)12(14)11-7-5-10(2)6-8-11/h5-8,12H,3-4,9,14H2,1-2H3,(H,15,16). The number of hydrogen-bond acceptors (Lipinski definition) is 2. The van der Waals surface area contributed by atoms with Crippen molar-refractivity contribution in [3.63, 3.8) is 0 Å². The van der Waals surface area contributed by atoms with Gasteiger partial charge in [0, 0.05) is 6.54 Å². The molecule has 0 radical (unpaired) electrons. The normalized spacial score (nSPS) is 12.2. The minimum atomic E-state index is -0.558. The Kier molecular flexibility index (Phi) is 4.99. The number of benzene rings is 1. The highest BCUT2D eigenvalue weighted by molar-refractivity contribution is 5.82. The van der Waals surface area contributed by atoms with Crippen LogP contribution in [0.5, 0.6) is 0 Å². The first kappa shape index (κ1) is 12.7. The number of carbonyl (C=O) groups excluding carboxylic acids is 1. The number of aryl methyl sites for hydroxylation is 1. The fourth-order valence-electron chi connectivity index (χ4n) is 1.42. The molecule has 0 aliphatic heterocycles. The molecule has 1 aromatic carbocycles. The van der Waals surface area contributed by atoms with E-state index in [0.717, 1.165) is 18.4 Å². The molecule has 0 aliphatic carbocycles. The Morgan fingerprint density at radius 2 is 2.00 bits per heavy atom. The van der Waals surface area contributed by atoms with Gasteiger partial charge in [-0.1, -0.05) is 43.2 Å². The van der Waals surface area contributed by atoms with E-state index in [9.17, 15) is 4.79 Å². The minimum Gasteiger partial charge on any atom is -0.354 e. The number of nitrogens with one attached hydrogen (secondary N) is 1. The molecule has 1 unspecified atom stereocenters. The average molecular weight is 220 g/mol. The molecule has 88 valence electrons. The number of hydrogen-bond donors (Lipinski definition) is 2. The summed E-state index contributed by atoms with van der Waals surface area (Å²) >= 11 is 0. The van der Waals surface area contributed by atoms with Gasteiger partial charge in [0.15, 0.2) is 0 Å². The van der Waals surface area contributed by atoms with Gasteiger partial charge in [-0.05, 0) is 18.9 Å². The monoisotopic (exact) mass is 220 g/mol. The van der Waals surface area contributed by atoms with Crippen LogP contribution in [0, 0.1) is 6.92 Å². The molecule has 1 rings (SSSR count). The van der Waals surface area contributed by atoms with E-state index < -0.39 is 6.04 Å². The Morgan fingerprint density at radius 1 is 1.38 bits per heavy atom. The zero-order valence-electron chi connectivity index (χ0n) is 9.99. The molecule has 16 heavy (non-hydrogen) atoms. The highest BCUT2D eigenvalue weighted by Gasteiger charge is 2.14. The van der Waals surface area contributed by atoms with Crippen LogP contribution in [0.15, 0.2) is 24.3 Å². The average Bonchev–Trinajstić information content (AvgIpc) is 2.29. The van der Waals surface area contributed by atoms with Crippen LogP contribution in [-0.2, 0) is 4.79 Å². The largest absolute Gasteiger partial charge is 0.354 e. The van der Waals surface area contributed by atoms with Crippen LogP contribution in [0.4, 0.5) is 0 Å². The lowest BCUT2D eigenvalue weighted by Gasteiger charge is -2.12. The van der Waals surface area contributed by atoms with E-state index in [0.29, 0.717) is 6.54 Å². The van der Waals surface area contributed by atoms with Gasteiger partial charge in [-0.15, -0.1) is 0 Å². The van der Waals surface area contributed by atoms with Crippen LogP contribution >= 0.6 is 0 Å². The summed E-state index contributed by atoms with van der Waals surface area (Å²) in [5, 5.41) is 2.83. The van der Waals surface area contributed by atoms with Crippen molar-refractivity contribution >= 4 is 5.91 Å². The van der Waals surface area contributed by atoms with Gasteiger partial charge >= 0.3 is 0 Å². The lowest BCUT2D eigenvalue weighted by molar-refractivity contribution is -0.122. The Hall–Kier alpha value is -1.35. The van der Waals surface area contributed by atoms with E-state index in [-0.39, 0.29) is 5.91 Å². The highest BCUT2D eigenvalue weighted by atomic mass is 16.2. The van der Waals surface area contributed by atoms with Gasteiger partial charge in [0.1, 0.15) is 6.04 Å². The van der Waals surface area contributed by atoms with Gasteiger partial charge in [-0.2, -0.15) is 0 Å². The van der Waals surface area contributed by atoms with Crippen molar-refractivity contribution in [2.45, 2.75) is 32.7 Å². The molecule has 0 aromatic heterocycles. The van der Waals surface area contributed by atoms with Gasteiger partial charge < -0.3 is 11.1 Å². The minimum absolute atomic E-state index is 0.0997. The van der Waals surface area contributed by atoms with Crippen LogP contribution in [0.3, 0.4) is 0 Å². The van der Waals surface area contributed by atoms with Crippen molar-refractivity contribution in [2.24, 2.45) is 5.73 Å². The second-order valence-electron chi connectivity index (χ2n) is 4.03. The number of amides is 1. The Bertz CT molecular complexity index is 332. The van der Waals surface area contributed by atoms with Gasteiger partial charge in [0.2, 0.25) is 5.91 Å². The zero-order valence-corrected chi connectivity index (χ0v) is 9.99. The summed E-state index contributed by atoms with van der Waals surface area (Å²) in [6.07, 6.45) is 2.06. The third-order valence-corrected chi connectivity index (χ3v) is 2.55. The topological polar surface area (TPSA) is 55.1 Å². The second kappa shape index (κ2) is 6.28. The molecule has 0 spiro atoms. The van der Waals surface area contributed by atoms with Crippen molar-refractivity contribution < 1.29 is 4.79 Å². The number of rotatable bonds is 5. The van der Waals surface area contributed by atoms with Crippen LogP contribution in [-0.4, -0.2) is 12.5 Å². The number of nitrogens with two attached hydrogens (primary N) is 1. The predicted molar refractivity (Wildman–Crippen MR) is 66.0 cm³/mol. The van der Waals surface area contributed by atoms with E-state index in [1.54, 1.807) is 0 Å². The number of carbonyl (C=O) groups is 1. The molecule has 0 saturated carbocycles. The first-order chi connectivity index (χ1) is 7.65. The molecule has 0 aliphatic rings. The summed E-state index contributed by atoms with van der Waals surface area (Å²) in [7, 11) is 0. The van der Waals surface area contributed by atoms with E-state index in [4.69, 9.17) is 5.73 Å². The summed E-state index contributed by atoms with van der Waals surface area (Å²) < 4.78 is 0.